The van der Waals surface area contributed by atoms with Gasteiger partial charge in [-0.1, -0.05) is 43.7 Å². The van der Waals surface area contributed by atoms with E-state index in [1.807, 2.05) is 42.5 Å². The number of rotatable bonds is 10. The number of carbonyl (C=O) groups excluding carboxylic acids is 2. The second-order valence-electron chi connectivity index (χ2n) is 5.56. The maximum atomic E-state index is 12.0. The fraction of sp³-hybridized carbons (Fsp3) is 0.300. The largest absolute Gasteiger partial charge is 0.494 e. The molecule has 2 aromatic rings. The Morgan fingerprint density at radius 1 is 1.00 bits per heavy atom. The number of amides is 1. The normalized spacial score (nSPS) is 10.3. The van der Waals surface area contributed by atoms with Gasteiger partial charge in [0.05, 0.1) is 18.1 Å². The molecule has 0 aliphatic heterocycles. The van der Waals surface area contributed by atoms with Crippen LogP contribution in [-0.4, -0.2) is 29.8 Å². The van der Waals surface area contributed by atoms with Crippen molar-refractivity contribution >= 4 is 29.1 Å². The Hall–Kier alpha value is -2.27. The fourth-order valence-electron chi connectivity index (χ4n) is 2.11. The number of nitrogens with one attached hydrogen (secondary N) is 1. The van der Waals surface area contributed by atoms with E-state index >= 15 is 0 Å². The third-order valence-electron chi connectivity index (χ3n) is 3.47. The standard InChI is InChI=1S/C20H23NO3S/c1-2-3-13-24-18-11-9-17(10-12-18)21-20(23)15-25-14-19(22)16-7-5-4-6-8-16/h4-12H,2-3,13-15H2,1H3,(H,21,23). The number of anilines is 1. The Kier molecular flexibility index (Phi) is 8.05. The van der Waals surface area contributed by atoms with E-state index in [1.165, 1.54) is 11.8 Å². The molecule has 132 valence electrons. The van der Waals surface area contributed by atoms with Crippen molar-refractivity contribution in [1.82, 2.24) is 0 Å². The summed E-state index contributed by atoms with van der Waals surface area (Å²) in [4.78, 5) is 23.9. The number of hydrogen-bond acceptors (Lipinski definition) is 4. The highest BCUT2D eigenvalue weighted by molar-refractivity contribution is 8.00. The van der Waals surface area contributed by atoms with Gasteiger partial charge in [-0.25, -0.2) is 0 Å². The number of hydrogen-bond donors (Lipinski definition) is 1. The second-order valence-corrected chi connectivity index (χ2v) is 6.54. The number of benzene rings is 2. The second kappa shape index (κ2) is 10.6. The first-order valence-corrected chi connectivity index (χ1v) is 9.53. The van der Waals surface area contributed by atoms with Gasteiger partial charge in [-0.15, -0.1) is 11.8 Å². The molecule has 0 saturated heterocycles. The summed E-state index contributed by atoms with van der Waals surface area (Å²) >= 11 is 1.31. The molecule has 1 N–H and O–H groups in total. The van der Waals surface area contributed by atoms with Crippen LogP contribution in [0, 0.1) is 0 Å². The summed E-state index contributed by atoms with van der Waals surface area (Å²) < 4.78 is 5.59. The van der Waals surface area contributed by atoms with Crippen LogP contribution in [0.25, 0.3) is 0 Å². The minimum absolute atomic E-state index is 0.0342. The van der Waals surface area contributed by atoms with Crippen LogP contribution in [0.2, 0.25) is 0 Å². The molecule has 0 spiro atoms. The predicted molar refractivity (Wildman–Crippen MR) is 104 cm³/mol. The third-order valence-corrected chi connectivity index (χ3v) is 4.40. The molecule has 0 radical (unpaired) electrons. The lowest BCUT2D eigenvalue weighted by Gasteiger charge is -2.08. The van der Waals surface area contributed by atoms with Crippen molar-refractivity contribution in [1.29, 1.82) is 0 Å². The summed E-state index contributed by atoms with van der Waals surface area (Å²) in [6.45, 7) is 2.82. The van der Waals surface area contributed by atoms with Gasteiger partial charge in [-0.05, 0) is 30.7 Å². The third kappa shape index (κ3) is 7.01. The van der Waals surface area contributed by atoms with Gasteiger partial charge in [0.15, 0.2) is 5.78 Å². The average molecular weight is 357 g/mol. The van der Waals surface area contributed by atoms with Crippen LogP contribution in [0.1, 0.15) is 30.1 Å². The van der Waals surface area contributed by atoms with E-state index in [1.54, 1.807) is 12.1 Å². The van der Waals surface area contributed by atoms with Gasteiger partial charge in [0.2, 0.25) is 5.91 Å². The Labute approximate surface area is 153 Å². The quantitative estimate of drug-likeness (QED) is 0.505. The summed E-state index contributed by atoms with van der Waals surface area (Å²) in [6.07, 6.45) is 2.12. The van der Waals surface area contributed by atoms with Crippen LogP contribution in [0.3, 0.4) is 0 Å². The maximum Gasteiger partial charge on any atom is 0.234 e. The highest BCUT2D eigenvalue weighted by Crippen LogP contribution is 2.16. The molecular weight excluding hydrogens is 334 g/mol. The van der Waals surface area contributed by atoms with E-state index in [9.17, 15) is 9.59 Å². The highest BCUT2D eigenvalue weighted by Gasteiger charge is 2.08. The number of ether oxygens (including phenoxy) is 1. The van der Waals surface area contributed by atoms with Gasteiger partial charge >= 0.3 is 0 Å². The first kappa shape index (κ1) is 19.1. The van der Waals surface area contributed by atoms with Gasteiger partial charge in [0, 0.05) is 11.3 Å². The van der Waals surface area contributed by atoms with Crippen LogP contribution in [0.5, 0.6) is 5.75 Å². The van der Waals surface area contributed by atoms with E-state index in [0.717, 1.165) is 24.3 Å². The maximum absolute atomic E-state index is 12.0. The minimum atomic E-state index is -0.120. The number of unbranched alkanes of at least 4 members (excludes halogenated alkanes) is 1. The lowest BCUT2D eigenvalue weighted by molar-refractivity contribution is -0.113. The summed E-state index contributed by atoms with van der Waals surface area (Å²) in [5, 5.41) is 2.82. The monoisotopic (exact) mass is 357 g/mol. The van der Waals surface area contributed by atoms with E-state index in [-0.39, 0.29) is 17.4 Å². The van der Waals surface area contributed by atoms with Crippen molar-refractivity contribution in [3.63, 3.8) is 0 Å². The van der Waals surface area contributed by atoms with E-state index in [4.69, 9.17) is 4.74 Å². The number of ketones is 1. The van der Waals surface area contributed by atoms with Crippen LogP contribution in [0.15, 0.2) is 54.6 Å². The number of carbonyl (C=O) groups is 2. The summed E-state index contributed by atoms with van der Waals surface area (Å²) in [5.74, 6) is 1.25. The summed E-state index contributed by atoms with van der Waals surface area (Å²) in [6, 6.07) is 16.4. The molecule has 0 bridgehead atoms. The molecule has 2 rings (SSSR count). The molecule has 0 heterocycles. The molecule has 4 nitrogen and oxygen atoms in total. The van der Waals surface area contributed by atoms with Crippen molar-refractivity contribution in [3.8, 4) is 5.75 Å². The smallest absolute Gasteiger partial charge is 0.234 e. The fourth-order valence-corrected chi connectivity index (χ4v) is 2.82. The highest BCUT2D eigenvalue weighted by atomic mass is 32.2. The first-order valence-electron chi connectivity index (χ1n) is 8.37. The Morgan fingerprint density at radius 2 is 1.72 bits per heavy atom. The van der Waals surface area contributed by atoms with Crippen LogP contribution in [-0.2, 0) is 4.79 Å². The molecule has 25 heavy (non-hydrogen) atoms. The molecule has 5 heteroatoms. The lowest BCUT2D eigenvalue weighted by Crippen LogP contribution is -2.15. The number of Topliss-reactive ketones (excluding diaryl/α,β-unsaturated/α-hetero) is 1. The summed E-state index contributed by atoms with van der Waals surface area (Å²) in [5.41, 5.74) is 1.40. The van der Waals surface area contributed by atoms with E-state index < -0.39 is 0 Å². The van der Waals surface area contributed by atoms with E-state index in [2.05, 4.69) is 12.2 Å². The van der Waals surface area contributed by atoms with E-state index in [0.29, 0.717) is 17.9 Å². The van der Waals surface area contributed by atoms with Crippen molar-refractivity contribution in [2.75, 3.05) is 23.4 Å². The molecule has 0 aliphatic rings. The van der Waals surface area contributed by atoms with Gasteiger partial charge in [0.1, 0.15) is 5.75 Å². The zero-order valence-electron chi connectivity index (χ0n) is 14.4. The van der Waals surface area contributed by atoms with Crippen LogP contribution >= 0.6 is 11.8 Å². The van der Waals surface area contributed by atoms with Crippen molar-refractivity contribution in [2.24, 2.45) is 0 Å². The van der Waals surface area contributed by atoms with Gasteiger partial charge in [-0.3, -0.25) is 9.59 Å². The molecule has 0 unspecified atom stereocenters. The molecule has 0 fully saturated rings. The molecule has 0 aliphatic carbocycles. The minimum Gasteiger partial charge on any atom is -0.494 e. The Balaban J connectivity index is 1.70. The molecule has 0 aromatic heterocycles. The molecule has 0 saturated carbocycles. The summed E-state index contributed by atoms with van der Waals surface area (Å²) in [7, 11) is 0. The predicted octanol–water partition coefficient (Wildman–Crippen LogP) is 4.42. The molecule has 2 aromatic carbocycles. The van der Waals surface area contributed by atoms with Crippen LogP contribution < -0.4 is 10.1 Å². The van der Waals surface area contributed by atoms with Crippen molar-refractivity contribution in [2.45, 2.75) is 19.8 Å². The first-order chi connectivity index (χ1) is 12.2. The zero-order chi connectivity index (χ0) is 17.9. The SMILES string of the molecule is CCCCOc1ccc(NC(=O)CSCC(=O)c2ccccc2)cc1. The van der Waals surface area contributed by atoms with Gasteiger partial charge < -0.3 is 10.1 Å². The number of thioether (sulfide) groups is 1. The van der Waals surface area contributed by atoms with Crippen molar-refractivity contribution in [3.05, 3.63) is 60.2 Å². The van der Waals surface area contributed by atoms with Gasteiger partial charge in [-0.2, -0.15) is 0 Å². The zero-order valence-corrected chi connectivity index (χ0v) is 15.2. The Bertz CT molecular complexity index is 671. The Morgan fingerprint density at radius 3 is 2.40 bits per heavy atom. The molecule has 0 atom stereocenters. The van der Waals surface area contributed by atoms with Crippen LogP contribution in [0.4, 0.5) is 5.69 Å². The topological polar surface area (TPSA) is 55.4 Å². The lowest BCUT2D eigenvalue weighted by atomic mass is 10.2. The average Bonchev–Trinajstić information content (AvgIpc) is 2.64. The van der Waals surface area contributed by atoms with Gasteiger partial charge in [0.25, 0.3) is 0 Å². The molecular formula is C20H23NO3S. The van der Waals surface area contributed by atoms with Crippen molar-refractivity contribution < 1.29 is 14.3 Å². The molecule has 1 amide bonds.